The number of benzene rings is 1. The first-order chi connectivity index (χ1) is 8.29. The normalized spacial score (nSPS) is 15.8. The number of anilines is 1. The summed E-state index contributed by atoms with van der Waals surface area (Å²) in [6.45, 7) is 3.47. The van der Waals surface area contributed by atoms with Crippen LogP contribution in [0.15, 0.2) is 41.8 Å². The lowest BCUT2D eigenvalue weighted by Crippen LogP contribution is -2.08. The quantitative estimate of drug-likeness (QED) is 0.819. The van der Waals surface area contributed by atoms with Gasteiger partial charge in [-0.1, -0.05) is 31.6 Å². The largest absolute Gasteiger partial charge is 0.321 e. The average molecular weight is 247 g/mol. The van der Waals surface area contributed by atoms with E-state index in [4.69, 9.17) is 0 Å². The summed E-state index contributed by atoms with van der Waals surface area (Å²) in [5.41, 5.74) is 0.898. The molecule has 1 aromatic carbocycles. The number of rotatable bonds is 4. The SMILES string of the molecule is C=CC(=O)Nc1ccccc1SC1CCCC1. The first-order valence-electron chi connectivity index (χ1n) is 5.98. The number of nitrogens with one attached hydrogen (secondary N) is 1. The van der Waals surface area contributed by atoms with Gasteiger partial charge in [0.25, 0.3) is 0 Å². The van der Waals surface area contributed by atoms with Gasteiger partial charge in [-0.15, -0.1) is 11.8 Å². The molecule has 1 N–H and O–H groups in total. The average Bonchev–Trinajstić information content (AvgIpc) is 2.84. The molecule has 1 fully saturated rings. The second-order valence-corrected chi connectivity index (χ2v) is 5.56. The highest BCUT2D eigenvalue weighted by Crippen LogP contribution is 2.37. The van der Waals surface area contributed by atoms with Gasteiger partial charge < -0.3 is 5.32 Å². The van der Waals surface area contributed by atoms with E-state index in [2.05, 4.69) is 18.0 Å². The molecule has 1 amide bonds. The number of hydrogen-bond donors (Lipinski definition) is 1. The van der Waals surface area contributed by atoms with Crippen molar-refractivity contribution in [2.45, 2.75) is 35.8 Å². The Morgan fingerprint density at radius 1 is 1.35 bits per heavy atom. The van der Waals surface area contributed by atoms with Crippen LogP contribution in [0.4, 0.5) is 5.69 Å². The lowest BCUT2D eigenvalue weighted by molar-refractivity contribution is -0.111. The summed E-state index contributed by atoms with van der Waals surface area (Å²) in [6.07, 6.45) is 6.54. The van der Waals surface area contributed by atoms with Crippen LogP contribution >= 0.6 is 11.8 Å². The van der Waals surface area contributed by atoms with Crippen LogP contribution in [0.1, 0.15) is 25.7 Å². The minimum Gasteiger partial charge on any atom is -0.321 e. The molecule has 3 heteroatoms. The Hall–Kier alpha value is -1.22. The van der Waals surface area contributed by atoms with E-state index in [1.807, 2.05) is 30.0 Å². The van der Waals surface area contributed by atoms with Crippen molar-refractivity contribution in [2.75, 3.05) is 5.32 Å². The number of para-hydroxylation sites is 1. The maximum atomic E-state index is 11.3. The fraction of sp³-hybridized carbons (Fsp3) is 0.357. The number of amides is 1. The molecule has 17 heavy (non-hydrogen) atoms. The van der Waals surface area contributed by atoms with Crippen LogP contribution in [0, 0.1) is 0 Å². The van der Waals surface area contributed by atoms with Crippen molar-refractivity contribution < 1.29 is 4.79 Å². The molecule has 0 saturated heterocycles. The van der Waals surface area contributed by atoms with E-state index in [0.29, 0.717) is 5.25 Å². The predicted molar refractivity (Wildman–Crippen MR) is 73.4 cm³/mol. The molecular formula is C14H17NOS. The number of hydrogen-bond acceptors (Lipinski definition) is 2. The lowest BCUT2D eigenvalue weighted by atomic mass is 10.3. The highest BCUT2D eigenvalue weighted by Gasteiger charge is 2.17. The molecule has 2 rings (SSSR count). The number of thioether (sulfide) groups is 1. The molecule has 0 aromatic heterocycles. The predicted octanol–water partition coefficient (Wildman–Crippen LogP) is 3.85. The van der Waals surface area contributed by atoms with Gasteiger partial charge in [0.2, 0.25) is 5.91 Å². The summed E-state index contributed by atoms with van der Waals surface area (Å²) in [5.74, 6) is -0.149. The Balaban J connectivity index is 2.09. The number of carbonyl (C=O) groups is 1. The third kappa shape index (κ3) is 3.37. The van der Waals surface area contributed by atoms with E-state index in [0.717, 1.165) is 10.6 Å². The first-order valence-corrected chi connectivity index (χ1v) is 6.86. The Morgan fingerprint density at radius 2 is 2.06 bits per heavy atom. The summed E-state index contributed by atoms with van der Waals surface area (Å²) in [4.78, 5) is 12.5. The van der Waals surface area contributed by atoms with Crippen molar-refractivity contribution >= 4 is 23.4 Å². The van der Waals surface area contributed by atoms with Gasteiger partial charge in [-0.2, -0.15) is 0 Å². The van der Waals surface area contributed by atoms with Crippen molar-refractivity contribution in [1.82, 2.24) is 0 Å². The van der Waals surface area contributed by atoms with Crippen LogP contribution in [-0.4, -0.2) is 11.2 Å². The van der Waals surface area contributed by atoms with Crippen molar-refractivity contribution in [3.63, 3.8) is 0 Å². The van der Waals surface area contributed by atoms with E-state index >= 15 is 0 Å². The van der Waals surface area contributed by atoms with Crippen molar-refractivity contribution in [2.24, 2.45) is 0 Å². The van der Waals surface area contributed by atoms with E-state index in [-0.39, 0.29) is 5.91 Å². The van der Waals surface area contributed by atoms with Gasteiger partial charge in [0.15, 0.2) is 0 Å². The van der Waals surface area contributed by atoms with Crippen LogP contribution in [0.25, 0.3) is 0 Å². The Morgan fingerprint density at radius 3 is 2.76 bits per heavy atom. The van der Waals surface area contributed by atoms with Gasteiger partial charge in [-0.25, -0.2) is 0 Å². The number of carbonyl (C=O) groups excluding carboxylic acids is 1. The molecule has 1 saturated carbocycles. The molecule has 1 aliphatic rings. The molecule has 0 atom stereocenters. The Bertz CT molecular complexity index is 410. The standard InChI is InChI=1S/C14H17NOS/c1-2-14(16)15-12-9-5-6-10-13(12)17-11-7-3-4-8-11/h2,5-6,9-11H,1,3-4,7-8H2,(H,15,16). The van der Waals surface area contributed by atoms with Gasteiger partial charge >= 0.3 is 0 Å². The van der Waals surface area contributed by atoms with Crippen molar-refractivity contribution in [3.05, 3.63) is 36.9 Å². The molecular weight excluding hydrogens is 230 g/mol. The van der Waals surface area contributed by atoms with Crippen LogP contribution in [0.3, 0.4) is 0 Å². The molecule has 0 spiro atoms. The fourth-order valence-corrected chi connectivity index (χ4v) is 3.37. The summed E-state index contributed by atoms with van der Waals surface area (Å²) in [5, 5.41) is 3.56. The van der Waals surface area contributed by atoms with Gasteiger partial charge in [0.1, 0.15) is 0 Å². The smallest absolute Gasteiger partial charge is 0.247 e. The summed E-state index contributed by atoms with van der Waals surface area (Å²) >= 11 is 1.88. The molecule has 0 unspecified atom stereocenters. The minimum absolute atomic E-state index is 0.149. The van der Waals surface area contributed by atoms with Crippen LogP contribution < -0.4 is 5.32 Å². The zero-order valence-corrected chi connectivity index (χ0v) is 10.6. The second kappa shape index (κ2) is 5.92. The van der Waals surface area contributed by atoms with Crippen LogP contribution in [0.5, 0.6) is 0 Å². The van der Waals surface area contributed by atoms with E-state index in [1.165, 1.54) is 31.8 Å². The molecule has 2 nitrogen and oxygen atoms in total. The van der Waals surface area contributed by atoms with E-state index < -0.39 is 0 Å². The molecule has 0 bridgehead atoms. The second-order valence-electron chi connectivity index (χ2n) is 4.21. The zero-order chi connectivity index (χ0) is 12.1. The summed E-state index contributed by atoms with van der Waals surface area (Å²) < 4.78 is 0. The zero-order valence-electron chi connectivity index (χ0n) is 9.82. The Labute approximate surface area is 106 Å². The van der Waals surface area contributed by atoms with Gasteiger partial charge in [-0.3, -0.25) is 4.79 Å². The van der Waals surface area contributed by atoms with Crippen molar-refractivity contribution in [1.29, 1.82) is 0 Å². The third-order valence-electron chi connectivity index (χ3n) is 2.93. The van der Waals surface area contributed by atoms with Crippen molar-refractivity contribution in [3.8, 4) is 0 Å². The first kappa shape index (κ1) is 12.2. The van der Waals surface area contributed by atoms with Gasteiger partial charge in [0, 0.05) is 10.1 Å². The van der Waals surface area contributed by atoms with Crippen LogP contribution in [-0.2, 0) is 4.79 Å². The minimum atomic E-state index is -0.149. The monoisotopic (exact) mass is 247 g/mol. The Kier molecular flexibility index (Phi) is 4.26. The third-order valence-corrected chi connectivity index (χ3v) is 4.34. The van der Waals surface area contributed by atoms with Gasteiger partial charge in [-0.05, 0) is 31.1 Å². The fourth-order valence-electron chi connectivity index (χ4n) is 2.04. The van der Waals surface area contributed by atoms with E-state index in [9.17, 15) is 4.79 Å². The maximum Gasteiger partial charge on any atom is 0.247 e. The molecule has 0 radical (unpaired) electrons. The van der Waals surface area contributed by atoms with Crippen LogP contribution in [0.2, 0.25) is 0 Å². The molecule has 1 aromatic rings. The summed E-state index contributed by atoms with van der Waals surface area (Å²) in [7, 11) is 0. The lowest BCUT2D eigenvalue weighted by Gasteiger charge is -2.13. The molecule has 90 valence electrons. The molecule has 0 heterocycles. The van der Waals surface area contributed by atoms with Gasteiger partial charge in [0.05, 0.1) is 5.69 Å². The summed E-state index contributed by atoms with van der Waals surface area (Å²) in [6, 6.07) is 7.97. The highest BCUT2D eigenvalue weighted by atomic mass is 32.2. The van der Waals surface area contributed by atoms with E-state index in [1.54, 1.807) is 0 Å². The maximum absolute atomic E-state index is 11.3. The topological polar surface area (TPSA) is 29.1 Å². The molecule has 1 aliphatic carbocycles. The molecule has 0 aliphatic heterocycles. The highest BCUT2D eigenvalue weighted by molar-refractivity contribution is 8.00.